The summed E-state index contributed by atoms with van der Waals surface area (Å²) in [5.41, 5.74) is 2.25. The molecule has 3 heteroatoms. The van der Waals surface area contributed by atoms with Crippen LogP contribution in [0.25, 0.3) is 11.4 Å². The van der Waals surface area contributed by atoms with Gasteiger partial charge < -0.3 is 5.32 Å². The first-order valence-electron chi connectivity index (χ1n) is 6.16. The lowest BCUT2D eigenvalue weighted by Crippen LogP contribution is -2.19. The minimum atomic E-state index is 0.248. The van der Waals surface area contributed by atoms with E-state index < -0.39 is 0 Å². The van der Waals surface area contributed by atoms with Crippen molar-refractivity contribution in [1.29, 1.82) is 0 Å². The summed E-state index contributed by atoms with van der Waals surface area (Å²) in [6.45, 7) is 7.48. The molecule has 2 aromatic rings. The van der Waals surface area contributed by atoms with E-state index in [1.807, 2.05) is 42.7 Å². The van der Waals surface area contributed by atoms with Crippen molar-refractivity contribution in [2.45, 2.75) is 20.8 Å². The second-order valence-electron chi connectivity index (χ2n) is 5.58. The van der Waals surface area contributed by atoms with Crippen LogP contribution in [0.3, 0.4) is 0 Å². The summed E-state index contributed by atoms with van der Waals surface area (Å²) in [5.74, 6) is 0.761. The van der Waals surface area contributed by atoms with Crippen LogP contribution in [0.5, 0.6) is 0 Å². The van der Waals surface area contributed by atoms with Gasteiger partial charge in [-0.25, -0.2) is 9.97 Å². The summed E-state index contributed by atoms with van der Waals surface area (Å²) in [4.78, 5) is 8.75. The number of nitrogens with one attached hydrogen (secondary N) is 1. The van der Waals surface area contributed by atoms with Gasteiger partial charge in [0.05, 0.1) is 18.1 Å². The summed E-state index contributed by atoms with van der Waals surface area (Å²) in [5, 5.41) is 3.34. The number of nitrogens with zero attached hydrogens (tertiary/aromatic N) is 2. The van der Waals surface area contributed by atoms with E-state index in [0.717, 1.165) is 23.6 Å². The minimum absolute atomic E-state index is 0.248. The molecular formula is C15H19N3. The fourth-order valence-electron chi connectivity index (χ4n) is 1.52. The maximum atomic E-state index is 4.38. The van der Waals surface area contributed by atoms with Gasteiger partial charge in [0.2, 0.25) is 0 Å². The van der Waals surface area contributed by atoms with E-state index in [0.29, 0.717) is 0 Å². The molecule has 0 amide bonds. The van der Waals surface area contributed by atoms with Gasteiger partial charge in [0, 0.05) is 12.1 Å². The Balaban J connectivity index is 2.07. The average Bonchev–Trinajstić information content (AvgIpc) is 2.37. The predicted octanol–water partition coefficient (Wildman–Crippen LogP) is 3.60. The Morgan fingerprint density at radius 3 is 2.17 bits per heavy atom. The second-order valence-corrected chi connectivity index (χ2v) is 5.58. The zero-order valence-electron chi connectivity index (χ0n) is 11.1. The molecule has 3 nitrogen and oxygen atoms in total. The Kier molecular flexibility index (Phi) is 3.60. The molecule has 0 bridgehead atoms. The third kappa shape index (κ3) is 3.55. The van der Waals surface area contributed by atoms with Gasteiger partial charge in [-0.1, -0.05) is 51.1 Å². The summed E-state index contributed by atoms with van der Waals surface area (Å²) < 4.78 is 0. The van der Waals surface area contributed by atoms with Crippen molar-refractivity contribution in [3.05, 3.63) is 42.7 Å². The van der Waals surface area contributed by atoms with Crippen LogP contribution in [0.2, 0.25) is 0 Å². The molecule has 1 aromatic heterocycles. The Morgan fingerprint density at radius 2 is 1.61 bits per heavy atom. The van der Waals surface area contributed by atoms with E-state index in [1.54, 1.807) is 0 Å². The highest BCUT2D eigenvalue weighted by Crippen LogP contribution is 2.17. The molecule has 1 heterocycles. The summed E-state index contributed by atoms with van der Waals surface area (Å²) in [6, 6.07) is 9.99. The van der Waals surface area contributed by atoms with Crippen molar-refractivity contribution < 1.29 is 0 Å². The fourth-order valence-corrected chi connectivity index (χ4v) is 1.52. The van der Waals surface area contributed by atoms with E-state index in [1.165, 1.54) is 0 Å². The third-order valence-electron chi connectivity index (χ3n) is 2.51. The van der Waals surface area contributed by atoms with Crippen molar-refractivity contribution in [2.75, 3.05) is 11.9 Å². The van der Waals surface area contributed by atoms with Crippen LogP contribution in [0.4, 0.5) is 5.69 Å². The smallest absolute Gasteiger partial charge is 0.159 e. The maximum Gasteiger partial charge on any atom is 0.159 e. The molecule has 0 radical (unpaired) electrons. The third-order valence-corrected chi connectivity index (χ3v) is 2.51. The van der Waals surface area contributed by atoms with Gasteiger partial charge in [0.25, 0.3) is 0 Å². The summed E-state index contributed by atoms with van der Waals surface area (Å²) in [7, 11) is 0. The van der Waals surface area contributed by atoms with Crippen LogP contribution in [0, 0.1) is 5.41 Å². The highest BCUT2D eigenvalue weighted by atomic mass is 15.0. The number of aromatic nitrogens is 2. The van der Waals surface area contributed by atoms with E-state index in [4.69, 9.17) is 0 Å². The number of rotatable bonds is 3. The Bertz CT molecular complexity index is 483. The molecule has 0 spiro atoms. The van der Waals surface area contributed by atoms with E-state index in [2.05, 4.69) is 36.1 Å². The number of hydrogen-bond acceptors (Lipinski definition) is 3. The molecule has 18 heavy (non-hydrogen) atoms. The van der Waals surface area contributed by atoms with Gasteiger partial charge >= 0.3 is 0 Å². The standard InChI is InChI=1S/C15H19N3/c1-15(2,3)11-18-13-9-16-14(17-10-13)12-7-5-4-6-8-12/h4-10,18H,11H2,1-3H3. The zero-order chi connectivity index (χ0) is 13.0. The lowest BCUT2D eigenvalue weighted by Gasteiger charge is -2.19. The van der Waals surface area contributed by atoms with Crippen molar-refractivity contribution >= 4 is 5.69 Å². The normalized spacial score (nSPS) is 11.3. The average molecular weight is 241 g/mol. The van der Waals surface area contributed by atoms with E-state index in [-0.39, 0.29) is 5.41 Å². The predicted molar refractivity (Wildman–Crippen MR) is 75.4 cm³/mol. The van der Waals surface area contributed by atoms with Crippen LogP contribution in [-0.2, 0) is 0 Å². The SMILES string of the molecule is CC(C)(C)CNc1cnc(-c2ccccc2)nc1. The monoisotopic (exact) mass is 241 g/mol. The van der Waals surface area contributed by atoms with Gasteiger partial charge in [0.15, 0.2) is 5.82 Å². The maximum absolute atomic E-state index is 4.38. The number of benzene rings is 1. The minimum Gasteiger partial charge on any atom is -0.382 e. The van der Waals surface area contributed by atoms with Gasteiger partial charge in [-0.15, -0.1) is 0 Å². The van der Waals surface area contributed by atoms with Crippen LogP contribution < -0.4 is 5.32 Å². The number of hydrogen-bond donors (Lipinski definition) is 1. The molecule has 1 aromatic carbocycles. The van der Waals surface area contributed by atoms with E-state index in [9.17, 15) is 0 Å². The molecule has 0 saturated carbocycles. The van der Waals surface area contributed by atoms with Crippen molar-refractivity contribution in [1.82, 2.24) is 9.97 Å². The lowest BCUT2D eigenvalue weighted by atomic mass is 9.97. The van der Waals surface area contributed by atoms with Crippen LogP contribution in [0.15, 0.2) is 42.7 Å². The highest BCUT2D eigenvalue weighted by molar-refractivity contribution is 5.55. The molecule has 0 aliphatic rings. The summed E-state index contributed by atoms with van der Waals surface area (Å²) in [6.07, 6.45) is 3.67. The molecule has 94 valence electrons. The molecule has 1 N–H and O–H groups in total. The zero-order valence-corrected chi connectivity index (χ0v) is 11.1. The van der Waals surface area contributed by atoms with Crippen molar-refractivity contribution in [3.63, 3.8) is 0 Å². The molecule has 0 aliphatic heterocycles. The van der Waals surface area contributed by atoms with Gasteiger partial charge in [-0.2, -0.15) is 0 Å². The molecular weight excluding hydrogens is 222 g/mol. The van der Waals surface area contributed by atoms with E-state index >= 15 is 0 Å². The second kappa shape index (κ2) is 5.17. The molecule has 0 fully saturated rings. The molecule has 0 saturated heterocycles. The van der Waals surface area contributed by atoms with Gasteiger partial charge in [-0.3, -0.25) is 0 Å². The summed E-state index contributed by atoms with van der Waals surface area (Å²) >= 11 is 0. The largest absolute Gasteiger partial charge is 0.382 e. The highest BCUT2D eigenvalue weighted by Gasteiger charge is 2.09. The first-order chi connectivity index (χ1) is 8.54. The molecule has 0 unspecified atom stereocenters. The quantitative estimate of drug-likeness (QED) is 0.892. The Labute approximate surface area is 108 Å². The lowest BCUT2D eigenvalue weighted by molar-refractivity contribution is 0.443. The topological polar surface area (TPSA) is 37.8 Å². The Morgan fingerprint density at radius 1 is 1.00 bits per heavy atom. The molecule has 0 aliphatic carbocycles. The van der Waals surface area contributed by atoms with Crippen LogP contribution >= 0.6 is 0 Å². The number of anilines is 1. The van der Waals surface area contributed by atoms with Crippen LogP contribution in [-0.4, -0.2) is 16.5 Å². The van der Waals surface area contributed by atoms with Crippen molar-refractivity contribution in [2.24, 2.45) is 5.41 Å². The van der Waals surface area contributed by atoms with Gasteiger partial charge in [0.1, 0.15) is 0 Å². The first-order valence-corrected chi connectivity index (χ1v) is 6.16. The van der Waals surface area contributed by atoms with Gasteiger partial charge in [-0.05, 0) is 5.41 Å². The van der Waals surface area contributed by atoms with Crippen LogP contribution in [0.1, 0.15) is 20.8 Å². The molecule has 0 atom stereocenters. The Hall–Kier alpha value is -1.90. The fraction of sp³-hybridized carbons (Fsp3) is 0.333. The van der Waals surface area contributed by atoms with Crippen molar-refractivity contribution in [3.8, 4) is 11.4 Å². The first kappa shape index (κ1) is 12.6. The molecule has 2 rings (SSSR count).